The molecule has 5 atom stereocenters. The molecule has 1 N–H and O–H groups in total. The molecule has 4 aliphatic rings. The average Bonchev–Trinajstić information content (AvgIpc) is 3.12. The molecule has 8 nitrogen and oxygen atoms in total. The molecule has 2 bridgehead atoms. The van der Waals surface area contributed by atoms with Gasteiger partial charge in [0.2, 0.25) is 10.0 Å². The summed E-state index contributed by atoms with van der Waals surface area (Å²) < 4.78 is 46.9. The second kappa shape index (κ2) is 12.6. The van der Waals surface area contributed by atoms with E-state index in [-0.39, 0.29) is 28.9 Å². The van der Waals surface area contributed by atoms with Crippen molar-refractivity contribution in [2.45, 2.75) is 63.5 Å². The van der Waals surface area contributed by atoms with E-state index in [0.29, 0.717) is 50.4 Å². The molecule has 1 spiro atoms. The zero-order valence-electron chi connectivity index (χ0n) is 25.3. The summed E-state index contributed by atoms with van der Waals surface area (Å²) in [6, 6.07) is 14.0. The monoisotopic (exact) mass is 608 g/mol. The Morgan fingerprint density at radius 2 is 1.93 bits per heavy atom. The van der Waals surface area contributed by atoms with Crippen molar-refractivity contribution in [3.05, 3.63) is 71.3 Å². The van der Waals surface area contributed by atoms with Crippen molar-refractivity contribution < 1.29 is 27.4 Å². The zero-order valence-corrected chi connectivity index (χ0v) is 26.1. The number of allylic oxidation sites excluding steroid dienone is 2. The van der Waals surface area contributed by atoms with Gasteiger partial charge < -0.3 is 19.1 Å². The SMILES string of the molecule is COCCOC1C2CCC2C/C=C\CC(C)CS(=O)(=O)NC(=O)c2ccc3c(c2)N1CC1(CCCc2ccccc21)CO3. The van der Waals surface area contributed by atoms with Crippen molar-refractivity contribution in [1.29, 1.82) is 0 Å². The highest BCUT2D eigenvalue weighted by Gasteiger charge is 2.47. The molecular formula is C34H44N2O6S. The molecule has 2 aromatic carbocycles. The molecule has 0 radical (unpaired) electrons. The van der Waals surface area contributed by atoms with Crippen molar-refractivity contribution in [2.24, 2.45) is 17.8 Å². The Morgan fingerprint density at radius 1 is 1.09 bits per heavy atom. The minimum Gasteiger partial charge on any atom is -0.490 e. The van der Waals surface area contributed by atoms with Crippen LogP contribution in [0.2, 0.25) is 0 Å². The predicted octanol–water partition coefficient (Wildman–Crippen LogP) is 5.22. The van der Waals surface area contributed by atoms with E-state index >= 15 is 0 Å². The normalized spacial score (nSPS) is 31.0. The second-order valence-electron chi connectivity index (χ2n) is 12.9. The Bertz CT molecular complexity index is 1460. The van der Waals surface area contributed by atoms with Gasteiger partial charge in [-0.3, -0.25) is 4.79 Å². The number of amides is 1. The molecule has 2 heterocycles. The van der Waals surface area contributed by atoms with E-state index < -0.39 is 15.9 Å². The minimum atomic E-state index is -3.81. The molecule has 2 aliphatic carbocycles. The lowest BCUT2D eigenvalue weighted by molar-refractivity contribution is -0.0594. The molecule has 6 rings (SSSR count). The van der Waals surface area contributed by atoms with Gasteiger partial charge in [-0.05, 0) is 86.1 Å². The van der Waals surface area contributed by atoms with Gasteiger partial charge in [-0.25, -0.2) is 13.1 Å². The lowest BCUT2D eigenvalue weighted by Crippen LogP contribution is -2.54. The first-order chi connectivity index (χ1) is 20.8. The quantitative estimate of drug-likeness (QED) is 0.376. The molecule has 0 saturated heterocycles. The summed E-state index contributed by atoms with van der Waals surface area (Å²) in [7, 11) is -2.12. The molecule has 9 heteroatoms. The Morgan fingerprint density at radius 3 is 2.74 bits per heavy atom. The summed E-state index contributed by atoms with van der Waals surface area (Å²) in [5.74, 6) is 0.591. The maximum atomic E-state index is 13.4. The van der Waals surface area contributed by atoms with E-state index in [9.17, 15) is 13.2 Å². The highest BCUT2D eigenvalue weighted by molar-refractivity contribution is 7.90. The minimum absolute atomic E-state index is 0.105. The second-order valence-corrected chi connectivity index (χ2v) is 14.7. The van der Waals surface area contributed by atoms with Crippen molar-refractivity contribution in [1.82, 2.24) is 4.72 Å². The molecule has 1 saturated carbocycles. The smallest absolute Gasteiger partial charge is 0.264 e. The number of carbonyl (C=O) groups is 1. The van der Waals surface area contributed by atoms with Gasteiger partial charge in [-0.15, -0.1) is 0 Å². The number of hydrogen-bond acceptors (Lipinski definition) is 7. The lowest BCUT2D eigenvalue weighted by atomic mass is 9.68. The van der Waals surface area contributed by atoms with Crippen molar-refractivity contribution in [2.75, 3.05) is 44.1 Å². The number of hydrogen-bond donors (Lipinski definition) is 1. The average molecular weight is 609 g/mol. The molecular weight excluding hydrogens is 564 g/mol. The molecule has 5 unspecified atom stereocenters. The summed E-state index contributed by atoms with van der Waals surface area (Å²) in [5.41, 5.74) is 3.49. The lowest BCUT2D eigenvalue weighted by Gasteiger charge is -2.49. The van der Waals surface area contributed by atoms with E-state index in [1.807, 2.05) is 13.0 Å². The number of fused-ring (bicyclic) bond motifs is 4. The molecule has 43 heavy (non-hydrogen) atoms. The molecule has 2 aliphatic heterocycles. The first-order valence-electron chi connectivity index (χ1n) is 15.7. The van der Waals surface area contributed by atoms with Crippen LogP contribution in [-0.4, -0.2) is 59.8 Å². The number of sulfonamides is 1. The highest BCUT2D eigenvalue weighted by Crippen LogP contribution is 2.48. The zero-order chi connectivity index (χ0) is 30.0. The number of rotatable bonds is 4. The largest absolute Gasteiger partial charge is 0.490 e. The number of anilines is 1. The fraction of sp³-hybridized carbons (Fsp3) is 0.559. The van der Waals surface area contributed by atoms with Crippen molar-refractivity contribution >= 4 is 21.6 Å². The summed E-state index contributed by atoms with van der Waals surface area (Å²) >= 11 is 0. The highest BCUT2D eigenvalue weighted by atomic mass is 32.2. The van der Waals surface area contributed by atoms with Crippen molar-refractivity contribution in [3.8, 4) is 5.75 Å². The first-order valence-corrected chi connectivity index (χ1v) is 17.4. The standard InChI is InChI=1S/C34H44N2O6S/c1-24-8-3-4-9-25-13-15-28(25)33(41-19-18-40-2)36-22-34(17-7-11-26-10-5-6-12-29(26)34)23-42-31-16-14-27(20-30(31)36)32(37)35-43(38,39)21-24/h3-6,10,12,14,16,20,24-25,28,33H,7-9,11,13,15,17-19,21-23H2,1-2H3,(H,35,37)/b4-3-. The van der Waals surface area contributed by atoms with Crippen LogP contribution in [0.25, 0.3) is 0 Å². The topological polar surface area (TPSA) is 94.2 Å². The van der Waals surface area contributed by atoms with Crippen LogP contribution < -0.4 is 14.4 Å². The van der Waals surface area contributed by atoms with Crippen LogP contribution in [0.4, 0.5) is 5.69 Å². The number of methoxy groups -OCH3 is 1. The Balaban J connectivity index is 1.47. The van der Waals surface area contributed by atoms with E-state index in [2.05, 4.69) is 46.0 Å². The van der Waals surface area contributed by atoms with Crippen molar-refractivity contribution in [3.63, 3.8) is 0 Å². The van der Waals surface area contributed by atoms with E-state index in [0.717, 1.165) is 44.2 Å². The van der Waals surface area contributed by atoms with Crippen LogP contribution in [-0.2, 0) is 31.3 Å². The summed E-state index contributed by atoms with van der Waals surface area (Å²) in [6.45, 7) is 4.03. The maximum absolute atomic E-state index is 13.4. The summed E-state index contributed by atoms with van der Waals surface area (Å²) in [4.78, 5) is 15.7. The fourth-order valence-electron chi connectivity index (χ4n) is 7.47. The number of carbonyl (C=O) groups excluding carboxylic acids is 1. The number of nitrogens with one attached hydrogen (secondary N) is 1. The van der Waals surface area contributed by atoms with E-state index in [1.54, 1.807) is 19.2 Å². The third kappa shape index (κ3) is 6.35. The van der Waals surface area contributed by atoms with Crippen LogP contribution >= 0.6 is 0 Å². The van der Waals surface area contributed by atoms with Crippen LogP contribution in [0, 0.1) is 17.8 Å². The molecule has 232 valence electrons. The van der Waals surface area contributed by atoms with Gasteiger partial charge in [0.25, 0.3) is 5.91 Å². The van der Waals surface area contributed by atoms with Gasteiger partial charge in [-0.1, -0.05) is 43.3 Å². The number of aryl methyl sites for hydroxylation is 1. The third-order valence-corrected chi connectivity index (χ3v) is 11.3. The number of benzene rings is 2. The Labute approximate surface area is 255 Å². The van der Waals surface area contributed by atoms with Crippen LogP contribution in [0.1, 0.15) is 66.9 Å². The molecule has 1 fully saturated rings. The maximum Gasteiger partial charge on any atom is 0.264 e. The van der Waals surface area contributed by atoms with Gasteiger partial charge in [0.05, 0.1) is 31.3 Å². The Hall–Kier alpha value is -2.88. The fourth-order valence-corrected chi connectivity index (χ4v) is 8.84. The molecule has 1 amide bonds. The molecule has 2 aromatic rings. The van der Waals surface area contributed by atoms with Gasteiger partial charge >= 0.3 is 0 Å². The third-order valence-electron chi connectivity index (χ3n) is 9.82. The first kappa shape index (κ1) is 30.2. The molecule has 0 aromatic heterocycles. The predicted molar refractivity (Wildman–Crippen MR) is 167 cm³/mol. The van der Waals surface area contributed by atoms with Gasteiger partial charge in [0.1, 0.15) is 12.0 Å². The summed E-state index contributed by atoms with van der Waals surface area (Å²) in [5, 5.41) is 0. The number of ether oxygens (including phenoxy) is 3. The van der Waals surface area contributed by atoms with Gasteiger partial charge in [-0.2, -0.15) is 0 Å². The van der Waals surface area contributed by atoms with E-state index in [1.165, 1.54) is 11.1 Å². The van der Waals surface area contributed by atoms with Crippen LogP contribution in [0.3, 0.4) is 0 Å². The summed E-state index contributed by atoms with van der Waals surface area (Å²) in [6.07, 6.45) is 10.9. The van der Waals surface area contributed by atoms with Gasteiger partial charge in [0.15, 0.2) is 0 Å². The van der Waals surface area contributed by atoms with Gasteiger partial charge in [0, 0.05) is 30.6 Å². The van der Waals surface area contributed by atoms with Crippen LogP contribution in [0.5, 0.6) is 5.75 Å². The number of nitrogens with zero attached hydrogens (tertiary/aromatic N) is 1. The Kier molecular flexibility index (Phi) is 8.85. The van der Waals surface area contributed by atoms with E-state index in [4.69, 9.17) is 14.2 Å². The van der Waals surface area contributed by atoms with Crippen LogP contribution in [0.15, 0.2) is 54.6 Å².